The quantitative estimate of drug-likeness (QED) is 0.148. The Hall–Kier alpha value is -1.23. The Balaban J connectivity index is 1.46. The summed E-state index contributed by atoms with van der Waals surface area (Å²) in [6, 6.07) is 21.2. The van der Waals surface area contributed by atoms with Gasteiger partial charge < -0.3 is 4.42 Å². The van der Waals surface area contributed by atoms with Gasteiger partial charge in [0.2, 0.25) is 0 Å². The average molecular weight is 471 g/mol. The van der Waals surface area contributed by atoms with Crippen molar-refractivity contribution in [3.8, 4) is 0 Å². The zero-order valence-electron chi connectivity index (χ0n) is 18.9. The SMILES string of the molecule is CCC(CCCCCSC(C)(CC)c1ccccc1)Sc1cc(=S)oc2ccccc12. The van der Waals surface area contributed by atoms with E-state index in [1.54, 1.807) is 0 Å². The van der Waals surface area contributed by atoms with Crippen LogP contribution in [0.3, 0.4) is 0 Å². The van der Waals surface area contributed by atoms with Crippen molar-refractivity contribution in [2.75, 3.05) is 5.75 Å². The number of thioether (sulfide) groups is 2. The molecule has 0 amide bonds. The van der Waals surface area contributed by atoms with E-state index in [1.165, 1.54) is 60.1 Å². The lowest BCUT2D eigenvalue weighted by molar-refractivity contribution is 0.583. The second kappa shape index (κ2) is 12.1. The highest BCUT2D eigenvalue weighted by molar-refractivity contribution is 8.00. The third kappa shape index (κ3) is 6.87. The van der Waals surface area contributed by atoms with Gasteiger partial charge in [-0.15, -0.1) is 11.8 Å². The molecular weight excluding hydrogens is 436 g/mol. The van der Waals surface area contributed by atoms with E-state index in [0.29, 0.717) is 9.96 Å². The topological polar surface area (TPSA) is 13.1 Å². The Labute approximate surface area is 201 Å². The Kier molecular flexibility index (Phi) is 9.55. The van der Waals surface area contributed by atoms with Gasteiger partial charge in [0.05, 0.1) is 0 Å². The standard InChI is InChI=1S/C27H34OS3/c1-4-22(31-25-20-26(29)28-24-18-12-11-17-23(24)25)16-10-7-13-19-30-27(3,5-2)21-14-8-6-9-15-21/h6,8-9,11-12,14-15,17-18,20,22H,4-5,7,10,13,16,19H2,1-3H3. The molecule has 0 saturated heterocycles. The van der Waals surface area contributed by atoms with E-state index in [1.807, 2.05) is 30.0 Å². The number of hydrogen-bond acceptors (Lipinski definition) is 4. The fourth-order valence-electron chi connectivity index (χ4n) is 3.83. The molecule has 0 saturated carbocycles. The van der Waals surface area contributed by atoms with Crippen molar-refractivity contribution in [3.05, 3.63) is 70.9 Å². The van der Waals surface area contributed by atoms with Crippen molar-refractivity contribution in [1.82, 2.24) is 0 Å². The first-order chi connectivity index (χ1) is 15.1. The fraction of sp³-hybridized carbons (Fsp3) is 0.444. The first-order valence-corrected chi connectivity index (χ1v) is 13.7. The second-order valence-corrected chi connectivity index (χ2v) is 11.6. The molecular formula is C27H34OS3. The van der Waals surface area contributed by atoms with Gasteiger partial charge in [0.1, 0.15) is 5.58 Å². The van der Waals surface area contributed by atoms with E-state index in [-0.39, 0.29) is 4.75 Å². The van der Waals surface area contributed by atoms with E-state index in [4.69, 9.17) is 16.6 Å². The number of fused-ring (bicyclic) bond motifs is 1. The highest BCUT2D eigenvalue weighted by atomic mass is 32.2. The van der Waals surface area contributed by atoms with Gasteiger partial charge in [-0.25, -0.2) is 0 Å². The van der Waals surface area contributed by atoms with Gasteiger partial charge in [-0.3, -0.25) is 0 Å². The molecule has 0 aliphatic rings. The predicted molar refractivity (Wildman–Crippen MR) is 142 cm³/mol. The van der Waals surface area contributed by atoms with Gasteiger partial charge in [-0.2, -0.15) is 11.8 Å². The van der Waals surface area contributed by atoms with Crippen molar-refractivity contribution in [2.24, 2.45) is 0 Å². The fourth-order valence-corrected chi connectivity index (χ4v) is 6.70. The lowest BCUT2D eigenvalue weighted by Crippen LogP contribution is -2.16. The summed E-state index contributed by atoms with van der Waals surface area (Å²) < 4.78 is 6.51. The Morgan fingerprint density at radius 2 is 1.71 bits per heavy atom. The first kappa shape index (κ1) is 24.4. The van der Waals surface area contributed by atoms with Crippen molar-refractivity contribution < 1.29 is 4.42 Å². The number of rotatable bonds is 12. The van der Waals surface area contributed by atoms with Gasteiger partial charge >= 0.3 is 0 Å². The highest BCUT2D eigenvalue weighted by Gasteiger charge is 2.24. The molecule has 2 atom stereocenters. The van der Waals surface area contributed by atoms with Gasteiger partial charge in [0.25, 0.3) is 0 Å². The largest absolute Gasteiger partial charge is 0.445 e. The third-order valence-corrected chi connectivity index (χ3v) is 9.36. The molecule has 2 unspecified atom stereocenters. The molecule has 31 heavy (non-hydrogen) atoms. The number of para-hydroxylation sites is 1. The Morgan fingerprint density at radius 1 is 0.968 bits per heavy atom. The molecule has 166 valence electrons. The molecule has 0 radical (unpaired) electrons. The molecule has 0 aliphatic carbocycles. The lowest BCUT2D eigenvalue weighted by atomic mass is 9.98. The summed E-state index contributed by atoms with van der Waals surface area (Å²) in [6.07, 6.45) is 7.47. The first-order valence-electron chi connectivity index (χ1n) is 11.4. The molecule has 0 fully saturated rings. The number of hydrogen-bond donors (Lipinski definition) is 0. The Bertz CT molecular complexity index is 998. The molecule has 1 heterocycles. The molecule has 1 nitrogen and oxygen atoms in total. The normalized spacial score (nSPS) is 14.4. The van der Waals surface area contributed by atoms with Crippen LogP contribution in [0.4, 0.5) is 0 Å². The second-order valence-electron chi connectivity index (χ2n) is 8.22. The zero-order valence-corrected chi connectivity index (χ0v) is 21.4. The predicted octanol–water partition coefficient (Wildman–Crippen LogP) is 9.65. The maximum absolute atomic E-state index is 5.71. The van der Waals surface area contributed by atoms with E-state index < -0.39 is 0 Å². The number of unbranched alkanes of at least 4 members (excludes halogenated alkanes) is 2. The third-order valence-electron chi connectivity index (χ3n) is 6.01. The molecule has 2 aromatic carbocycles. The van der Waals surface area contributed by atoms with Crippen LogP contribution in [0.15, 0.2) is 70.0 Å². The van der Waals surface area contributed by atoms with Crippen LogP contribution < -0.4 is 0 Å². The number of benzene rings is 2. The zero-order chi connectivity index (χ0) is 22.1. The molecule has 0 aliphatic heterocycles. The van der Waals surface area contributed by atoms with Gasteiger partial charge in [0, 0.05) is 26.3 Å². The highest BCUT2D eigenvalue weighted by Crippen LogP contribution is 2.40. The lowest BCUT2D eigenvalue weighted by Gasteiger charge is -2.28. The smallest absolute Gasteiger partial charge is 0.191 e. The minimum Gasteiger partial charge on any atom is -0.445 e. The van der Waals surface area contributed by atoms with Gasteiger partial charge in [-0.05, 0) is 62.2 Å². The van der Waals surface area contributed by atoms with Crippen molar-refractivity contribution in [2.45, 2.75) is 74.2 Å². The van der Waals surface area contributed by atoms with Crippen LogP contribution in [-0.4, -0.2) is 11.0 Å². The van der Waals surface area contributed by atoms with E-state index in [0.717, 1.165) is 5.58 Å². The van der Waals surface area contributed by atoms with E-state index in [9.17, 15) is 0 Å². The Morgan fingerprint density at radius 3 is 2.45 bits per heavy atom. The summed E-state index contributed by atoms with van der Waals surface area (Å²) in [5.74, 6) is 1.23. The molecule has 0 N–H and O–H groups in total. The van der Waals surface area contributed by atoms with E-state index in [2.05, 4.69) is 75.0 Å². The van der Waals surface area contributed by atoms with Gasteiger partial charge in [-0.1, -0.05) is 75.2 Å². The van der Waals surface area contributed by atoms with Crippen LogP contribution in [0.5, 0.6) is 0 Å². The van der Waals surface area contributed by atoms with Crippen molar-refractivity contribution >= 4 is 46.7 Å². The summed E-state index contributed by atoms with van der Waals surface area (Å²) >= 11 is 9.43. The van der Waals surface area contributed by atoms with Crippen LogP contribution in [0.25, 0.3) is 11.0 Å². The monoisotopic (exact) mass is 470 g/mol. The van der Waals surface area contributed by atoms with E-state index >= 15 is 0 Å². The molecule has 1 aromatic heterocycles. The maximum atomic E-state index is 5.71. The molecule has 3 aromatic rings. The van der Waals surface area contributed by atoms with Crippen molar-refractivity contribution in [1.29, 1.82) is 0 Å². The molecule has 4 heteroatoms. The average Bonchev–Trinajstić information content (AvgIpc) is 2.80. The van der Waals surface area contributed by atoms with Crippen LogP contribution in [0.1, 0.15) is 64.9 Å². The summed E-state index contributed by atoms with van der Waals surface area (Å²) in [4.78, 5) is 1.26. The summed E-state index contributed by atoms with van der Waals surface area (Å²) in [6.45, 7) is 6.99. The maximum Gasteiger partial charge on any atom is 0.191 e. The minimum absolute atomic E-state index is 0.227. The summed E-state index contributed by atoms with van der Waals surface area (Å²) in [5.41, 5.74) is 2.34. The summed E-state index contributed by atoms with van der Waals surface area (Å²) in [7, 11) is 0. The van der Waals surface area contributed by atoms with Crippen LogP contribution in [0, 0.1) is 4.71 Å². The van der Waals surface area contributed by atoms with Crippen molar-refractivity contribution in [3.63, 3.8) is 0 Å². The van der Waals surface area contributed by atoms with Crippen LogP contribution in [0.2, 0.25) is 0 Å². The van der Waals surface area contributed by atoms with Crippen LogP contribution >= 0.6 is 35.7 Å². The van der Waals surface area contributed by atoms with Crippen LogP contribution in [-0.2, 0) is 4.75 Å². The summed E-state index contributed by atoms with van der Waals surface area (Å²) in [5, 5.41) is 1.80. The molecule has 0 bridgehead atoms. The molecule has 0 spiro atoms. The molecule has 3 rings (SSSR count). The van der Waals surface area contributed by atoms with Gasteiger partial charge in [0.15, 0.2) is 4.71 Å². The minimum atomic E-state index is 0.227.